The molecule has 0 atom stereocenters. The van der Waals surface area contributed by atoms with E-state index in [2.05, 4.69) is 30.5 Å². The number of hydrogen-bond donors (Lipinski definition) is 1. The van der Waals surface area contributed by atoms with Crippen LogP contribution >= 0.6 is 34.9 Å². The topological polar surface area (TPSA) is 125 Å². The molecule has 13 heteroatoms. The van der Waals surface area contributed by atoms with Crippen LogP contribution in [0.25, 0.3) is 0 Å². The van der Waals surface area contributed by atoms with Gasteiger partial charge in [0.05, 0.1) is 23.8 Å². The number of amides is 1. The summed E-state index contributed by atoms with van der Waals surface area (Å²) in [5, 5.41) is 12.8. The molecule has 0 aromatic carbocycles. The van der Waals surface area contributed by atoms with Crippen molar-refractivity contribution in [2.75, 3.05) is 17.7 Å². The zero-order chi connectivity index (χ0) is 23.3. The van der Waals surface area contributed by atoms with Gasteiger partial charge in [0.25, 0.3) is 0 Å². The third-order valence-electron chi connectivity index (χ3n) is 4.05. The first-order valence-electron chi connectivity index (χ1n) is 9.67. The molecule has 0 fully saturated rings. The molecule has 3 rings (SSSR count). The highest BCUT2D eigenvalue weighted by molar-refractivity contribution is 7.99. The van der Waals surface area contributed by atoms with Crippen molar-refractivity contribution in [3.8, 4) is 0 Å². The van der Waals surface area contributed by atoms with E-state index < -0.39 is 5.97 Å². The lowest BCUT2D eigenvalue weighted by molar-refractivity contribution is -0.113. The molecule has 0 saturated carbocycles. The Hall–Kier alpha value is -2.51. The third-order valence-corrected chi connectivity index (χ3v) is 6.97. The molecule has 0 bridgehead atoms. The average Bonchev–Trinajstić information content (AvgIpc) is 3.26. The van der Waals surface area contributed by atoms with Gasteiger partial charge in [-0.25, -0.2) is 19.7 Å². The van der Waals surface area contributed by atoms with Crippen LogP contribution in [0.5, 0.6) is 0 Å². The molecule has 1 amide bonds. The number of aromatic nitrogens is 6. The summed E-state index contributed by atoms with van der Waals surface area (Å²) in [4.78, 5) is 37.7. The number of rotatable bonds is 9. The summed E-state index contributed by atoms with van der Waals surface area (Å²) in [5.74, 6) is 0.769. The second-order valence-corrected chi connectivity index (χ2v) is 9.55. The lowest BCUT2D eigenvalue weighted by Gasteiger charge is -2.05. The number of nitrogens with zero attached hydrogens (tertiary/aromatic N) is 6. The van der Waals surface area contributed by atoms with Gasteiger partial charge in [-0.15, -0.1) is 10.2 Å². The maximum Gasteiger partial charge on any atom is 0.350 e. The molecule has 3 heterocycles. The summed E-state index contributed by atoms with van der Waals surface area (Å²) in [6.45, 7) is 7.60. The van der Waals surface area contributed by atoms with Gasteiger partial charge in [0.2, 0.25) is 5.91 Å². The van der Waals surface area contributed by atoms with Gasteiger partial charge in [-0.05, 0) is 33.8 Å². The molecular weight excluding hydrogens is 470 g/mol. The minimum atomic E-state index is -0.437. The predicted molar refractivity (Wildman–Crippen MR) is 124 cm³/mol. The van der Waals surface area contributed by atoms with Crippen LogP contribution in [0.4, 0.5) is 5.13 Å². The van der Waals surface area contributed by atoms with Gasteiger partial charge in [-0.1, -0.05) is 34.9 Å². The third kappa shape index (κ3) is 6.26. The normalized spacial score (nSPS) is 10.9. The second kappa shape index (κ2) is 10.9. The number of esters is 1. The van der Waals surface area contributed by atoms with Crippen molar-refractivity contribution in [3.05, 3.63) is 33.8 Å². The number of ether oxygens (including phenoxy) is 1. The number of carbonyl (C=O) groups is 2. The van der Waals surface area contributed by atoms with Crippen LogP contribution in [-0.4, -0.2) is 54.0 Å². The van der Waals surface area contributed by atoms with Gasteiger partial charge in [0.15, 0.2) is 15.4 Å². The summed E-state index contributed by atoms with van der Waals surface area (Å²) in [5.41, 5.74) is 2.37. The zero-order valence-corrected chi connectivity index (χ0v) is 20.8. The van der Waals surface area contributed by atoms with E-state index >= 15 is 0 Å². The molecule has 0 aliphatic heterocycles. The van der Waals surface area contributed by atoms with E-state index in [1.54, 1.807) is 13.8 Å². The summed E-state index contributed by atoms with van der Waals surface area (Å²) < 4.78 is 6.84. The Balaban J connectivity index is 1.54. The van der Waals surface area contributed by atoms with Gasteiger partial charge >= 0.3 is 5.97 Å². The fourth-order valence-electron chi connectivity index (χ4n) is 2.61. The summed E-state index contributed by atoms with van der Waals surface area (Å²) >= 11 is 3.85. The van der Waals surface area contributed by atoms with Crippen molar-refractivity contribution in [1.82, 2.24) is 29.7 Å². The van der Waals surface area contributed by atoms with Crippen LogP contribution in [0.15, 0.2) is 16.4 Å². The zero-order valence-electron chi connectivity index (χ0n) is 18.3. The molecule has 1 N–H and O–H groups in total. The lowest BCUT2D eigenvalue weighted by atomic mass is 10.4. The average molecular weight is 494 g/mol. The van der Waals surface area contributed by atoms with E-state index in [0.717, 1.165) is 28.5 Å². The van der Waals surface area contributed by atoms with Crippen LogP contribution in [0.1, 0.15) is 39.5 Å². The molecular formula is C19H23N7O3S3. The highest BCUT2D eigenvalue weighted by Crippen LogP contribution is 2.25. The standard InChI is InChI=1S/C19H23N7O3S3/c1-6-29-16(28)15-12(4)22-18(32-15)23-14(27)9-31-19-25-24-13(26(19)5)8-30-17-20-10(2)7-11(3)21-17/h7H,6,8-9H2,1-5H3,(H,22,23,27). The Morgan fingerprint density at radius 3 is 2.53 bits per heavy atom. The van der Waals surface area contributed by atoms with Crippen LogP contribution in [0, 0.1) is 20.8 Å². The van der Waals surface area contributed by atoms with Gasteiger partial charge in [-0.3, -0.25) is 4.79 Å². The first-order valence-corrected chi connectivity index (χ1v) is 12.5. The molecule has 0 aliphatic carbocycles. The van der Waals surface area contributed by atoms with Crippen LogP contribution in [0.2, 0.25) is 0 Å². The van der Waals surface area contributed by atoms with Crippen LogP contribution in [-0.2, 0) is 22.3 Å². The molecule has 0 aliphatic rings. The number of hydrogen-bond acceptors (Lipinski definition) is 11. The van der Waals surface area contributed by atoms with Crippen molar-refractivity contribution in [2.24, 2.45) is 7.05 Å². The first kappa shape index (κ1) is 24.1. The summed E-state index contributed by atoms with van der Waals surface area (Å²) in [6, 6.07) is 1.93. The van der Waals surface area contributed by atoms with E-state index in [-0.39, 0.29) is 18.3 Å². The Bertz CT molecular complexity index is 1110. The SMILES string of the molecule is CCOC(=O)c1sc(NC(=O)CSc2nnc(CSc3nc(C)cc(C)n3)n2C)nc1C. The van der Waals surface area contributed by atoms with Crippen molar-refractivity contribution >= 4 is 51.9 Å². The quantitative estimate of drug-likeness (QED) is 0.270. The number of carbonyl (C=O) groups excluding carboxylic acids is 2. The number of thioether (sulfide) groups is 2. The van der Waals surface area contributed by atoms with Gasteiger partial charge in [0.1, 0.15) is 10.7 Å². The second-order valence-electron chi connectivity index (χ2n) is 6.67. The van der Waals surface area contributed by atoms with Crippen molar-refractivity contribution in [3.63, 3.8) is 0 Å². The molecule has 0 unspecified atom stereocenters. The molecule has 0 spiro atoms. The van der Waals surface area contributed by atoms with Gasteiger partial charge in [0, 0.05) is 18.4 Å². The predicted octanol–water partition coefficient (Wildman–Crippen LogP) is 3.19. The monoisotopic (exact) mass is 493 g/mol. The first-order chi connectivity index (χ1) is 15.3. The lowest BCUT2D eigenvalue weighted by Crippen LogP contribution is -2.14. The summed E-state index contributed by atoms with van der Waals surface area (Å²) in [7, 11) is 1.86. The largest absolute Gasteiger partial charge is 0.462 e. The van der Waals surface area contributed by atoms with Gasteiger partial charge in [-0.2, -0.15) is 0 Å². The maximum atomic E-state index is 12.3. The number of anilines is 1. The molecule has 10 nitrogen and oxygen atoms in total. The van der Waals surface area contributed by atoms with Crippen molar-refractivity contribution in [1.29, 1.82) is 0 Å². The molecule has 3 aromatic rings. The molecule has 170 valence electrons. The minimum Gasteiger partial charge on any atom is -0.462 e. The van der Waals surface area contributed by atoms with Crippen LogP contribution in [0.3, 0.4) is 0 Å². The van der Waals surface area contributed by atoms with E-state index in [1.165, 1.54) is 23.5 Å². The van der Waals surface area contributed by atoms with Crippen molar-refractivity contribution in [2.45, 2.75) is 43.8 Å². The van der Waals surface area contributed by atoms with E-state index in [1.807, 2.05) is 31.5 Å². The number of aryl methyl sites for hydroxylation is 3. The van der Waals surface area contributed by atoms with E-state index in [4.69, 9.17) is 4.74 Å². The Kier molecular flexibility index (Phi) is 8.21. The highest BCUT2D eigenvalue weighted by atomic mass is 32.2. The van der Waals surface area contributed by atoms with Gasteiger partial charge < -0.3 is 14.6 Å². The van der Waals surface area contributed by atoms with Crippen LogP contribution < -0.4 is 5.32 Å². The minimum absolute atomic E-state index is 0.132. The number of nitrogens with one attached hydrogen (secondary N) is 1. The fraction of sp³-hybridized carbons (Fsp3) is 0.421. The smallest absolute Gasteiger partial charge is 0.350 e. The molecule has 32 heavy (non-hydrogen) atoms. The maximum absolute atomic E-state index is 12.3. The van der Waals surface area contributed by atoms with E-state index in [9.17, 15) is 9.59 Å². The molecule has 0 radical (unpaired) electrons. The van der Waals surface area contributed by atoms with E-state index in [0.29, 0.717) is 31.8 Å². The Labute approximate surface area is 198 Å². The Morgan fingerprint density at radius 2 is 1.84 bits per heavy atom. The van der Waals surface area contributed by atoms with Crippen molar-refractivity contribution < 1.29 is 14.3 Å². The number of thiazole rings is 1. The molecule has 3 aromatic heterocycles. The fourth-order valence-corrected chi connectivity index (χ4v) is 5.14. The summed E-state index contributed by atoms with van der Waals surface area (Å²) in [6.07, 6.45) is 0. The highest BCUT2D eigenvalue weighted by Gasteiger charge is 2.18. The Morgan fingerprint density at radius 1 is 1.12 bits per heavy atom. The molecule has 0 saturated heterocycles.